The molecular weight excluding hydrogens is 398 g/mol. The van der Waals surface area contributed by atoms with Crippen LogP contribution in [0.5, 0.6) is 0 Å². The monoisotopic (exact) mass is 427 g/mol. The van der Waals surface area contributed by atoms with Gasteiger partial charge in [0.2, 0.25) is 0 Å². The first-order valence-electron chi connectivity index (χ1n) is 11.7. The summed E-state index contributed by atoms with van der Waals surface area (Å²) in [6, 6.07) is 12.4. The quantitative estimate of drug-likeness (QED) is 0.640. The lowest BCUT2D eigenvalue weighted by Crippen LogP contribution is -2.38. The molecule has 1 saturated carbocycles. The smallest absolute Gasteiger partial charge is 0.267 e. The van der Waals surface area contributed by atoms with Gasteiger partial charge in [-0.15, -0.1) is 0 Å². The van der Waals surface area contributed by atoms with E-state index in [1.165, 1.54) is 30.4 Å². The third-order valence-electron chi connectivity index (χ3n) is 7.13. The molecule has 0 atom stereocenters. The number of hydrogen-bond acceptors (Lipinski definition) is 4. The molecule has 2 N–H and O–H groups in total. The van der Waals surface area contributed by atoms with Crippen molar-refractivity contribution < 1.29 is 4.79 Å². The Hall–Kier alpha value is -3.17. The van der Waals surface area contributed by atoms with Crippen LogP contribution in [0.25, 0.3) is 10.9 Å². The molecule has 1 fully saturated rings. The van der Waals surface area contributed by atoms with Crippen molar-refractivity contribution in [3.8, 4) is 6.07 Å². The maximum absolute atomic E-state index is 12.7. The largest absolute Gasteiger partial charge is 0.349 e. The van der Waals surface area contributed by atoms with Crippen LogP contribution >= 0.6 is 0 Å². The minimum atomic E-state index is -0.0200. The van der Waals surface area contributed by atoms with Crippen LogP contribution in [0.4, 0.5) is 0 Å². The topological polar surface area (TPSA) is 84.8 Å². The standard InChI is InChI=1S/C26H29N5O/c27-15-19-1-4-20-9-12-31(17-22(20)13-19)11-8-18-2-5-23(6-3-18)29-26(32)24-14-21-7-10-28-16-25(21)30-24/h1,4,7,10,13-14,16,18,23,30H,2-3,5-6,8-9,11-12,17H2,(H,29,32). The molecule has 1 amide bonds. The predicted octanol–water partition coefficient (Wildman–Crippen LogP) is 4.17. The Morgan fingerprint density at radius 1 is 1.19 bits per heavy atom. The van der Waals surface area contributed by atoms with E-state index in [0.29, 0.717) is 5.69 Å². The second-order valence-corrected chi connectivity index (χ2v) is 9.25. The molecular formula is C26H29N5O. The molecule has 2 aromatic heterocycles. The van der Waals surface area contributed by atoms with E-state index in [0.717, 1.165) is 61.3 Å². The second kappa shape index (κ2) is 9.13. The number of pyridine rings is 1. The van der Waals surface area contributed by atoms with Crippen LogP contribution in [-0.2, 0) is 13.0 Å². The van der Waals surface area contributed by atoms with Gasteiger partial charge in [-0.1, -0.05) is 6.07 Å². The summed E-state index contributed by atoms with van der Waals surface area (Å²) >= 11 is 0. The van der Waals surface area contributed by atoms with Gasteiger partial charge in [0.05, 0.1) is 23.3 Å². The number of benzene rings is 1. The Bertz CT molecular complexity index is 1120. The van der Waals surface area contributed by atoms with Gasteiger partial charge in [0, 0.05) is 30.7 Å². The third kappa shape index (κ3) is 4.53. The highest BCUT2D eigenvalue weighted by Gasteiger charge is 2.24. The number of aromatic nitrogens is 2. The maximum atomic E-state index is 12.7. The number of nitrogens with one attached hydrogen (secondary N) is 2. The van der Waals surface area contributed by atoms with E-state index in [2.05, 4.69) is 38.4 Å². The van der Waals surface area contributed by atoms with Gasteiger partial charge in [-0.2, -0.15) is 5.26 Å². The molecule has 5 rings (SSSR count). The number of carbonyl (C=O) groups is 1. The fourth-order valence-electron chi connectivity index (χ4n) is 5.19. The minimum Gasteiger partial charge on any atom is -0.349 e. The van der Waals surface area contributed by atoms with Crippen LogP contribution in [0.2, 0.25) is 0 Å². The Kier molecular flexibility index (Phi) is 5.91. The van der Waals surface area contributed by atoms with Gasteiger partial charge >= 0.3 is 0 Å². The Morgan fingerprint density at radius 3 is 2.88 bits per heavy atom. The normalized spacial score (nSPS) is 21.1. The SMILES string of the molecule is N#Cc1ccc2c(c1)CN(CCC1CCC(NC(=O)c3cc4ccncc4[nH]3)CC1)CC2. The van der Waals surface area contributed by atoms with Crippen LogP contribution in [0, 0.1) is 17.2 Å². The van der Waals surface area contributed by atoms with Crippen molar-refractivity contribution in [1.29, 1.82) is 5.26 Å². The summed E-state index contributed by atoms with van der Waals surface area (Å²) in [6.07, 6.45) is 10.2. The summed E-state index contributed by atoms with van der Waals surface area (Å²) in [5.41, 5.74) is 4.97. The number of carbonyl (C=O) groups excluding carboxylic acids is 1. The first-order valence-corrected chi connectivity index (χ1v) is 11.7. The zero-order chi connectivity index (χ0) is 21.9. The maximum Gasteiger partial charge on any atom is 0.267 e. The lowest BCUT2D eigenvalue weighted by molar-refractivity contribution is 0.0915. The van der Waals surface area contributed by atoms with Crippen molar-refractivity contribution in [2.75, 3.05) is 13.1 Å². The molecule has 32 heavy (non-hydrogen) atoms. The highest BCUT2D eigenvalue weighted by Crippen LogP contribution is 2.28. The summed E-state index contributed by atoms with van der Waals surface area (Å²) in [7, 11) is 0. The van der Waals surface area contributed by atoms with Crippen molar-refractivity contribution in [3.63, 3.8) is 0 Å². The van der Waals surface area contributed by atoms with Crippen LogP contribution in [-0.4, -0.2) is 39.9 Å². The molecule has 0 radical (unpaired) electrons. The van der Waals surface area contributed by atoms with Crippen LogP contribution in [0.15, 0.2) is 42.7 Å². The molecule has 1 aliphatic carbocycles. The van der Waals surface area contributed by atoms with E-state index in [4.69, 9.17) is 5.26 Å². The first kappa shape index (κ1) is 20.7. The van der Waals surface area contributed by atoms with Gasteiger partial charge in [-0.25, -0.2) is 0 Å². The third-order valence-corrected chi connectivity index (χ3v) is 7.13. The number of aromatic amines is 1. The van der Waals surface area contributed by atoms with Gasteiger partial charge in [0.15, 0.2) is 0 Å². The van der Waals surface area contributed by atoms with Crippen LogP contribution in [0.1, 0.15) is 59.3 Å². The van der Waals surface area contributed by atoms with Crippen molar-refractivity contribution in [2.45, 2.75) is 51.1 Å². The summed E-state index contributed by atoms with van der Waals surface area (Å²) in [4.78, 5) is 22.5. The molecule has 6 nitrogen and oxygen atoms in total. The summed E-state index contributed by atoms with van der Waals surface area (Å²) in [5, 5.41) is 13.4. The Balaban J connectivity index is 1.08. The van der Waals surface area contributed by atoms with Gasteiger partial charge in [-0.05, 0) is 86.4 Å². The molecule has 0 bridgehead atoms. The van der Waals surface area contributed by atoms with E-state index < -0.39 is 0 Å². The Labute approximate surface area is 188 Å². The van der Waals surface area contributed by atoms with Gasteiger partial charge in [0.25, 0.3) is 5.91 Å². The predicted molar refractivity (Wildman–Crippen MR) is 124 cm³/mol. The number of nitriles is 1. The highest BCUT2D eigenvalue weighted by atomic mass is 16.1. The van der Waals surface area contributed by atoms with E-state index in [9.17, 15) is 4.79 Å². The van der Waals surface area contributed by atoms with Crippen molar-refractivity contribution in [3.05, 3.63) is 65.1 Å². The number of fused-ring (bicyclic) bond motifs is 2. The fraction of sp³-hybridized carbons (Fsp3) is 0.423. The molecule has 1 aliphatic heterocycles. The van der Waals surface area contributed by atoms with Crippen molar-refractivity contribution in [1.82, 2.24) is 20.2 Å². The molecule has 164 valence electrons. The average molecular weight is 428 g/mol. The number of rotatable bonds is 5. The molecule has 0 unspecified atom stereocenters. The van der Waals surface area contributed by atoms with Crippen LogP contribution in [0.3, 0.4) is 0 Å². The Morgan fingerprint density at radius 2 is 2.06 bits per heavy atom. The zero-order valence-electron chi connectivity index (χ0n) is 18.3. The van der Waals surface area contributed by atoms with Gasteiger partial charge < -0.3 is 10.3 Å². The number of H-pyrrole nitrogens is 1. The van der Waals surface area contributed by atoms with Crippen molar-refractivity contribution >= 4 is 16.8 Å². The second-order valence-electron chi connectivity index (χ2n) is 9.25. The van der Waals surface area contributed by atoms with Crippen LogP contribution < -0.4 is 5.32 Å². The molecule has 1 aromatic carbocycles. The lowest BCUT2D eigenvalue weighted by atomic mass is 9.84. The van der Waals surface area contributed by atoms with Crippen molar-refractivity contribution in [2.24, 2.45) is 5.92 Å². The van der Waals surface area contributed by atoms with E-state index in [-0.39, 0.29) is 11.9 Å². The molecule has 0 saturated heterocycles. The van der Waals surface area contributed by atoms with E-state index in [1.54, 1.807) is 12.4 Å². The fourth-order valence-corrected chi connectivity index (χ4v) is 5.19. The lowest BCUT2D eigenvalue weighted by Gasteiger charge is -2.33. The summed E-state index contributed by atoms with van der Waals surface area (Å²) in [6.45, 7) is 3.17. The van der Waals surface area contributed by atoms with Gasteiger partial charge in [0.1, 0.15) is 5.69 Å². The first-order chi connectivity index (χ1) is 15.7. The highest BCUT2D eigenvalue weighted by molar-refractivity contribution is 5.97. The average Bonchev–Trinajstić information content (AvgIpc) is 3.28. The molecule has 3 aromatic rings. The van der Waals surface area contributed by atoms with E-state index >= 15 is 0 Å². The molecule has 3 heterocycles. The number of amides is 1. The summed E-state index contributed by atoms with van der Waals surface area (Å²) < 4.78 is 0. The molecule has 0 spiro atoms. The van der Waals surface area contributed by atoms with Gasteiger partial charge in [-0.3, -0.25) is 14.7 Å². The molecule has 2 aliphatic rings. The van der Waals surface area contributed by atoms with E-state index in [1.807, 2.05) is 18.2 Å². The summed E-state index contributed by atoms with van der Waals surface area (Å²) in [5.74, 6) is 0.711. The molecule has 6 heteroatoms. The number of nitrogens with zero attached hydrogens (tertiary/aromatic N) is 3. The number of hydrogen-bond donors (Lipinski definition) is 2. The zero-order valence-corrected chi connectivity index (χ0v) is 18.3. The minimum absolute atomic E-state index is 0.0200.